The summed E-state index contributed by atoms with van der Waals surface area (Å²) >= 11 is 0. The van der Waals surface area contributed by atoms with Crippen molar-refractivity contribution >= 4 is 17.0 Å². The van der Waals surface area contributed by atoms with Crippen LogP contribution >= 0.6 is 0 Å². The monoisotopic (exact) mass is 275 g/mol. The lowest BCUT2D eigenvalue weighted by molar-refractivity contribution is 0.366. The first-order chi connectivity index (χ1) is 9.36. The van der Waals surface area contributed by atoms with Gasteiger partial charge in [0.1, 0.15) is 5.39 Å². The minimum absolute atomic E-state index is 0.111. The summed E-state index contributed by atoms with van der Waals surface area (Å²) in [5, 5.41) is 4.88. The first-order valence-corrected chi connectivity index (χ1v) is 7.10. The average Bonchev–Trinajstić information content (AvgIpc) is 2.94. The molecule has 0 aliphatic carbocycles. The van der Waals surface area contributed by atoms with Crippen molar-refractivity contribution in [3.05, 3.63) is 16.6 Å². The summed E-state index contributed by atoms with van der Waals surface area (Å²) in [5.41, 5.74) is 0.355. The van der Waals surface area contributed by atoms with E-state index < -0.39 is 0 Å². The minimum atomic E-state index is -0.196. The molecule has 2 aromatic rings. The lowest BCUT2D eigenvalue weighted by Crippen LogP contribution is -2.27. The number of fused-ring (bicyclic) bond motifs is 1. The van der Waals surface area contributed by atoms with Crippen molar-refractivity contribution in [2.24, 2.45) is 5.92 Å². The van der Waals surface area contributed by atoms with Crippen molar-refractivity contribution in [3.8, 4) is 0 Å². The van der Waals surface area contributed by atoms with Crippen LogP contribution < -0.4 is 10.5 Å². The van der Waals surface area contributed by atoms with Gasteiger partial charge in [0.2, 0.25) is 5.95 Å². The van der Waals surface area contributed by atoms with E-state index in [1.54, 1.807) is 6.20 Å². The number of aromatic amines is 1. The molecule has 2 aromatic heterocycles. The van der Waals surface area contributed by atoms with E-state index in [2.05, 4.69) is 47.7 Å². The van der Waals surface area contributed by atoms with Crippen molar-refractivity contribution in [2.75, 3.05) is 18.0 Å². The highest BCUT2D eigenvalue weighted by Gasteiger charge is 2.24. The summed E-state index contributed by atoms with van der Waals surface area (Å²) in [5.74, 6) is 1.31. The van der Waals surface area contributed by atoms with Crippen LogP contribution in [0.3, 0.4) is 0 Å². The highest BCUT2D eigenvalue weighted by atomic mass is 16.1. The molecular weight excluding hydrogens is 254 g/mol. The average molecular weight is 275 g/mol. The minimum Gasteiger partial charge on any atom is -0.342 e. The molecule has 1 aliphatic heterocycles. The standard InChI is InChI=1S/C14H21N5O/c1-9-5-6-18(8-9)13-16-11-10(12(20)17-13)7-15-19(11)14(2,3)4/h7,9H,5-6,8H2,1-4H3,(H,16,17,20). The molecule has 1 atom stereocenters. The van der Waals surface area contributed by atoms with Crippen LogP contribution in [0.1, 0.15) is 34.1 Å². The fourth-order valence-corrected chi connectivity index (χ4v) is 2.67. The normalized spacial score (nSPS) is 20.0. The molecule has 6 nitrogen and oxygen atoms in total. The summed E-state index contributed by atoms with van der Waals surface area (Å²) in [6, 6.07) is 0. The topological polar surface area (TPSA) is 66.8 Å². The summed E-state index contributed by atoms with van der Waals surface area (Å²) in [6.07, 6.45) is 2.74. The zero-order chi connectivity index (χ0) is 14.5. The van der Waals surface area contributed by atoms with E-state index in [4.69, 9.17) is 0 Å². The van der Waals surface area contributed by atoms with Gasteiger partial charge in [-0.05, 0) is 33.1 Å². The number of nitrogens with one attached hydrogen (secondary N) is 1. The second-order valence-electron chi connectivity index (χ2n) is 6.69. The maximum Gasteiger partial charge on any atom is 0.263 e. The lowest BCUT2D eigenvalue weighted by Gasteiger charge is -2.21. The number of hydrogen-bond acceptors (Lipinski definition) is 4. The number of aromatic nitrogens is 4. The molecule has 0 bridgehead atoms. The Morgan fingerprint density at radius 2 is 2.15 bits per heavy atom. The Labute approximate surface area is 117 Å². The molecule has 1 aliphatic rings. The summed E-state index contributed by atoms with van der Waals surface area (Å²) in [7, 11) is 0. The third-order valence-corrected chi connectivity index (χ3v) is 3.78. The van der Waals surface area contributed by atoms with Crippen molar-refractivity contribution in [3.63, 3.8) is 0 Å². The molecule has 0 spiro atoms. The SMILES string of the molecule is CC1CCN(c2nc3c(cnn3C(C)(C)C)c(=O)[nH]2)C1. The van der Waals surface area contributed by atoms with Gasteiger partial charge in [0.25, 0.3) is 5.56 Å². The van der Waals surface area contributed by atoms with Crippen LogP contribution in [0.15, 0.2) is 11.0 Å². The van der Waals surface area contributed by atoms with Crippen molar-refractivity contribution < 1.29 is 0 Å². The maximum absolute atomic E-state index is 12.2. The molecule has 3 heterocycles. The molecule has 1 unspecified atom stereocenters. The van der Waals surface area contributed by atoms with Gasteiger partial charge >= 0.3 is 0 Å². The van der Waals surface area contributed by atoms with Crippen molar-refractivity contribution in [1.29, 1.82) is 0 Å². The van der Waals surface area contributed by atoms with Gasteiger partial charge in [0, 0.05) is 13.1 Å². The van der Waals surface area contributed by atoms with Crippen LogP contribution in [-0.4, -0.2) is 32.8 Å². The molecule has 0 saturated carbocycles. The third-order valence-electron chi connectivity index (χ3n) is 3.78. The van der Waals surface area contributed by atoms with Gasteiger partial charge in [-0.3, -0.25) is 9.78 Å². The van der Waals surface area contributed by atoms with Crippen LogP contribution in [0, 0.1) is 5.92 Å². The Morgan fingerprint density at radius 3 is 2.75 bits per heavy atom. The van der Waals surface area contributed by atoms with Gasteiger partial charge in [-0.1, -0.05) is 6.92 Å². The van der Waals surface area contributed by atoms with E-state index in [0.717, 1.165) is 19.5 Å². The fourth-order valence-electron chi connectivity index (χ4n) is 2.67. The predicted octanol–water partition coefficient (Wildman–Crippen LogP) is 1.72. The van der Waals surface area contributed by atoms with Crippen LogP contribution in [-0.2, 0) is 5.54 Å². The maximum atomic E-state index is 12.2. The van der Waals surface area contributed by atoms with Crippen molar-refractivity contribution in [1.82, 2.24) is 19.7 Å². The van der Waals surface area contributed by atoms with Crippen LogP contribution in [0.5, 0.6) is 0 Å². The van der Waals surface area contributed by atoms with Gasteiger partial charge in [-0.25, -0.2) is 4.68 Å². The molecule has 20 heavy (non-hydrogen) atoms. The van der Waals surface area contributed by atoms with Crippen LogP contribution in [0.2, 0.25) is 0 Å². The number of rotatable bonds is 1. The number of anilines is 1. The fraction of sp³-hybridized carbons (Fsp3) is 0.643. The molecule has 0 aromatic carbocycles. The molecule has 3 rings (SSSR count). The van der Waals surface area contributed by atoms with E-state index in [9.17, 15) is 4.79 Å². The zero-order valence-electron chi connectivity index (χ0n) is 12.5. The van der Waals surface area contributed by atoms with Gasteiger partial charge in [-0.2, -0.15) is 10.1 Å². The van der Waals surface area contributed by atoms with Crippen LogP contribution in [0.4, 0.5) is 5.95 Å². The molecule has 1 N–H and O–H groups in total. The van der Waals surface area contributed by atoms with Crippen LogP contribution in [0.25, 0.3) is 11.0 Å². The summed E-state index contributed by atoms with van der Waals surface area (Å²) in [4.78, 5) is 21.9. The Balaban J connectivity index is 2.14. The first-order valence-electron chi connectivity index (χ1n) is 7.10. The third kappa shape index (κ3) is 2.09. The van der Waals surface area contributed by atoms with E-state index in [1.165, 1.54) is 0 Å². The van der Waals surface area contributed by atoms with E-state index >= 15 is 0 Å². The Bertz CT molecular complexity index is 694. The summed E-state index contributed by atoms with van der Waals surface area (Å²) < 4.78 is 1.82. The molecule has 108 valence electrons. The zero-order valence-corrected chi connectivity index (χ0v) is 12.5. The van der Waals surface area contributed by atoms with Gasteiger partial charge < -0.3 is 4.90 Å². The predicted molar refractivity (Wildman–Crippen MR) is 79.1 cm³/mol. The van der Waals surface area contributed by atoms with E-state index in [1.807, 2.05) is 4.68 Å². The quantitative estimate of drug-likeness (QED) is 0.860. The largest absolute Gasteiger partial charge is 0.342 e. The molecule has 0 radical (unpaired) electrons. The first kappa shape index (κ1) is 13.1. The smallest absolute Gasteiger partial charge is 0.263 e. The molecule has 1 fully saturated rings. The highest BCUT2D eigenvalue weighted by Crippen LogP contribution is 2.22. The van der Waals surface area contributed by atoms with Crippen molar-refractivity contribution in [2.45, 2.75) is 39.7 Å². The summed E-state index contributed by atoms with van der Waals surface area (Å²) in [6.45, 7) is 10.3. The highest BCUT2D eigenvalue weighted by molar-refractivity contribution is 5.74. The molecule has 0 amide bonds. The van der Waals surface area contributed by atoms with Gasteiger partial charge in [0.05, 0.1) is 11.7 Å². The van der Waals surface area contributed by atoms with Gasteiger partial charge in [-0.15, -0.1) is 0 Å². The molecule has 6 heteroatoms. The number of H-pyrrole nitrogens is 1. The Morgan fingerprint density at radius 1 is 1.40 bits per heavy atom. The number of nitrogens with zero attached hydrogens (tertiary/aromatic N) is 4. The number of hydrogen-bond donors (Lipinski definition) is 1. The lowest BCUT2D eigenvalue weighted by atomic mass is 10.1. The second-order valence-corrected chi connectivity index (χ2v) is 6.69. The van der Waals surface area contributed by atoms with E-state index in [-0.39, 0.29) is 11.1 Å². The van der Waals surface area contributed by atoms with E-state index in [0.29, 0.717) is 22.9 Å². The second kappa shape index (κ2) is 4.33. The molecular formula is C14H21N5O. The Kier molecular flexibility index (Phi) is 2.84. The Hall–Kier alpha value is -1.85. The van der Waals surface area contributed by atoms with Gasteiger partial charge in [0.15, 0.2) is 5.65 Å². The molecule has 1 saturated heterocycles.